The molecule has 110 valence electrons. The first kappa shape index (κ1) is 14.9. The number of fused-ring (bicyclic) bond motifs is 1. The molecule has 2 aliphatic rings. The van der Waals surface area contributed by atoms with Crippen molar-refractivity contribution in [1.29, 1.82) is 0 Å². The Hall–Kier alpha value is -1.46. The van der Waals surface area contributed by atoms with Crippen LogP contribution in [0.5, 0.6) is 11.5 Å². The Bertz CT molecular complexity index is 494. The minimum absolute atomic E-state index is 0. The van der Waals surface area contributed by atoms with Crippen LogP contribution in [0.3, 0.4) is 0 Å². The topological polar surface area (TPSA) is 59.0 Å². The van der Waals surface area contributed by atoms with Gasteiger partial charge in [-0.2, -0.15) is 0 Å². The fourth-order valence-electron chi connectivity index (χ4n) is 2.73. The SMILES string of the molecule is Cl.O=C(O)C1CCCCN1Cc1ccc2c(c1)OCO2. The molecule has 2 heterocycles. The van der Waals surface area contributed by atoms with Gasteiger partial charge in [-0.15, -0.1) is 12.4 Å². The van der Waals surface area contributed by atoms with Gasteiger partial charge < -0.3 is 14.6 Å². The highest BCUT2D eigenvalue weighted by Gasteiger charge is 2.28. The van der Waals surface area contributed by atoms with Crippen molar-refractivity contribution in [2.75, 3.05) is 13.3 Å². The monoisotopic (exact) mass is 299 g/mol. The molecule has 1 aromatic rings. The van der Waals surface area contributed by atoms with Crippen molar-refractivity contribution < 1.29 is 19.4 Å². The van der Waals surface area contributed by atoms with Gasteiger partial charge in [0.2, 0.25) is 6.79 Å². The number of aliphatic carboxylic acids is 1. The molecular weight excluding hydrogens is 282 g/mol. The van der Waals surface area contributed by atoms with Gasteiger partial charge in [0.15, 0.2) is 11.5 Å². The van der Waals surface area contributed by atoms with E-state index in [1.807, 2.05) is 23.1 Å². The second-order valence-electron chi connectivity index (χ2n) is 5.01. The van der Waals surface area contributed by atoms with Crippen LogP contribution in [0.15, 0.2) is 18.2 Å². The molecule has 1 N–H and O–H groups in total. The molecule has 0 bridgehead atoms. The Balaban J connectivity index is 0.00000147. The maximum absolute atomic E-state index is 11.3. The zero-order chi connectivity index (χ0) is 13.2. The van der Waals surface area contributed by atoms with E-state index in [1.165, 1.54) is 0 Å². The summed E-state index contributed by atoms with van der Waals surface area (Å²) in [6, 6.07) is 5.44. The molecule has 1 saturated heterocycles. The standard InChI is InChI=1S/C14H17NO4.ClH/c16-14(17)11-3-1-2-6-15(11)8-10-4-5-12-13(7-10)19-9-18-12;/h4-5,7,11H,1-3,6,8-9H2,(H,16,17);1H. The molecule has 3 rings (SSSR count). The van der Waals surface area contributed by atoms with Crippen molar-refractivity contribution in [1.82, 2.24) is 4.90 Å². The first-order valence-corrected chi connectivity index (χ1v) is 6.59. The normalized spacial score (nSPS) is 21.3. The molecule has 1 atom stereocenters. The lowest BCUT2D eigenvalue weighted by molar-refractivity contribution is -0.144. The molecule has 5 nitrogen and oxygen atoms in total. The van der Waals surface area contributed by atoms with Crippen molar-refractivity contribution in [3.63, 3.8) is 0 Å². The summed E-state index contributed by atoms with van der Waals surface area (Å²) in [5.41, 5.74) is 1.07. The first-order valence-electron chi connectivity index (χ1n) is 6.59. The number of halogens is 1. The van der Waals surface area contributed by atoms with Crippen LogP contribution < -0.4 is 9.47 Å². The van der Waals surface area contributed by atoms with Gasteiger partial charge in [-0.25, -0.2) is 0 Å². The van der Waals surface area contributed by atoms with Crippen LogP contribution in [-0.4, -0.2) is 35.4 Å². The predicted octanol–water partition coefficient (Wildman–Crippen LogP) is 2.28. The van der Waals surface area contributed by atoms with E-state index in [1.54, 1.807) is 0 Å². The highest BCUT2D eigenvalue weighted by Crippen LogP contribution is 2.33. The molecule has 0 spiro atoms. The van der Waals surface area contributed by atoms with E-state index in [2.05, 4.69) is 0 Å². The number of piperidine rings is 1. The van der Waals surface area contributed by atoms with Crippen molar-refractivity contribution in [2.45, 2.75) is 31.8 Å². The van der Waals surface area contributed by atoms with Gasteiger partial charge in [-0.1, -0.05) is 12.5 Å². The maximum atomic E-state index is 11.3. The summed E-state index contributed by atoms with van der Waals surface area (Å²) in [4.78, 5) is 13.3. The third kappa shape index (κ3) is 2.99. The van der Waals surface area contributed by atoms with Crippen LogP contribution in [0.1, 0.15) is 24.8 Å². The lowest BCUT2D eigenvalue weighted by Gasteiger charge is -2.32. The molecule has 0 amide bonds. The van der Waals surface area contributed by atoms with Crippen molar-refractivity contribution in [3.8, 4) is 11.5 Å². The van der Waals surface area contributed by atoms with Gasteiger partial charge >= 0.3 is 5.97 Å². The summed E-state index contributed by atoms with van der Waals surface area (Å²) in [6.45, 7) is 1.75. The summed E-state index contributed by atoms with van der Waals surface area (Å²) in [5, 5.41) is 9.26. The molecule has 0 radical (unpaired) electrons. The van der Waals surface area contributed by atoms with Crippen molar-refractivity contribution in [3.05, 3.63) is 23.8 Å². The second-order valence-corrected chi connectivity index (χ2v) is 5.01. The highest BCUT2D eigenvalue weighted by molar-refractivity contribution is 5.85. The molecule has 0 aliphatic carbocycles. The van der Waals surface area contributed by atoms with Crippen LogP contribution in [0.2, 0.25) is 0 Å². The van der Waals surface area contributed by atoms with Crippen LogP contribution in [0.4, 0.5) is 0 Å². The lowest BCUT2D eigenvalue weighted by Crippen LogP contribution is -2.43. The Morgan fingerprint density at radius 1 is 1.30 bits per heavy atom. The molecule has 1 aromatic carbocycles. The summed E-state index contributed by atoms with van der Waals surface area (Å²) in [5.74, 6) is 0.791. The number of carbonyl (C=O) groups is 1. The predicted molar refractivity (Wildman–Crippen MR) is 75.5 cm³/mol. The first-order chi connectivity index (χ1) is 9.24. The quantitative estimate of drug-likeness (QED) is 0.928. The van der Waals surface area contributed by atoms with Gasteiger partial charge in [0.25, 0.3) is 0 Å². The summed E-state index contributed by atoms with van der Waals surface area (Å²) < 4.78 is 10.6. The molecule has 20 heavy (non-hydrogen) atoms. The number of hydrogen-bond donors (Lipinski definition) is 1. The third-order valence-electron chi connectivity index (χ3n) is 3.72. The number of ether oxygens (including phenoxy) is 2. The Kier molecular flexibility index (Phi) is 4.73. The van der Waals surface area contributed by atoms with E-state index in [-0.39, 0.29) is 25.2 Å². The molecule has 0 saturated carbocycles. The van der Waals surface area contributed by atoms with Gasteiger partial charge in [-0.3, -0.25) is 9.69 Å². The molecule has 0 aromatic heterocycles. The number of carboxylic acids is 1. The van der Waals surface area contributed by atoms with E-state index < -0.39 is 5.97 Å². The summed E-state index contributed by atoms with van der Waals surface area (Å²) >= 11 is 0. The smallest absolute Gasteiger partial charge is 0.320 e. The summed E-state index contributed by atoms with van der Waals surface area (Å²) in [6.07, 6.45) is 2.79. The number of nitrogens with zero attached hydrogens (tertiary/aromatic N) is 1. The number of likely N-dealkylation sites (tertiary alicyclic amines) is 1. The van der Waals surface area contributed by atoms with Crippen molar-refractivity contribution in [2.24, 2.45) is 0 Å². The van der Waals surface area contributed by atoms with Crippen LogP contribution >= 0.6 is 12.4 Å². The van der Waals surface area contributed by atoms with Gasteiger partial charge in [0, 0.05) is 6.54 Å². The molecular formula is C14H18ClNO4. The zero-order valence-corrected chi connectivity index (χ0v) is 11.9. The average molecular weight is 300 g/mol. The molecule has 1 unspecified atom stereocenters. The minimum Gasteiger partial charge on any atom is -0.480 e. The molecule has 1 fully saturated rings. The van der Waals surface area contributed by atoms with E-state index >= 15 is 0 Å². The largest absolute Gasteiger partial charge is 0.480 e. The Morgan fingerprint density at radius 2 is 2.10 bits per heavy atom. The second kappa shape index (κ2) is 6.33. The summed E-state index contributed by atoms with van der Waals surface area (Å²) in [7, 11) is 0. The Morgan fingerprint density at radius 3 is 2.90 bits per heavy atom. The third-order valence-corrected chi connectivity index (χ3v) is 3.72. The highest BCUT2D eigenvalue weighted by atomic mass is 35.5. The van der Waals surface area contributed by atoms with E-state index in [0.29, 0.717) is 6.54 Å². The number of benzene rings is 1. The van der Waals surface area contributed by atoms with E-state index in [9.17, 15) is 9.90 Å². The molecule has 6 heteroatoms. The fourth-order valence-corrected chi connectivity index (χ4v) is 2.73. The van der Waals surface area contributed by atoms with E-state index in [0.717, 1.165) is 42.9 Å². The average Bonchev–Trinajstić information content (AvgIpc) is 2.86. The van der Waals surface area contributed by atoms with Gasteiger partial charge in [0.05, 0.1) is 0 Å². The Labute approximate surface area is 123 Å². The van der Waals surface area contributed by atoms with Crippen LogP contribution in [0, 0.1) is 0 Å². The van der Waals surface area contributed by atoms with Gasteiger partial charge in [-0.05, 0) is 37.1 Å². The van der Waals surface area contributed by atoms with E-state index in [4.69, 9.17) is 9.47 Å². The van der Waals surface area contributed by atoms with Gasteiger partial charge in [0.1, 0.15) is 6.04 Å². The number of hydrogen-bond acceptors (Lipinski definition) is 4. The van der Waals surface area contributed by atoms with Crippen LogP contribution in [0.25, 0.3) is 0 Å². The molecule has 2 aliphatic heterocycles. The zero-order valence-electron chi connectivity index (χ0n) is 11.1. The fraction of sp³-hybridized carbons (Fsp3) is 0.500. The van der Waals surface area contributed by atoms with Crippen molar-refractivity contribution >= 4 is 18.4 Å². The minimum atomic E-state index is -0.722. The maximum Gasteiger partial charge on any atom is 0.320 e. The number of rotatable bonds is 3. The number of carboxylic acid groups (broad SMARTS) is 1. The lowest BCUT2D eigenvalue weighted by atomic mass is 10.0. The van der Waals surface area contributed by atoms with Crippen LogP contribution in [-0.2, 0) is 11.3 Å².